The van der Waals surface area contributed by atoms with Crippen molar-refractivity contribution in [2.24, 2.45) is 0 Å². The van der Waals surface area contributed by atoms with Crippen molar-refractivity contribution >= 4 is 18.4 Å². The second-order valence-corrected chi connectivity index (χ2v) is 5.31. The lowest BCUT2D eigenvalue weighted by molar-refractivity contribution is -0.136. The molecule has 5 nitrogen and oxygen atoms in total. The maximum atomic E-state index is 10.6. The largest absolute Gasteiger partial charge is 0.497 e. The molecule has 0 atom stereocenters. The number of likely N-dealkylation sites (tertiary alicyclic amines) is 1. The van der Waals surface area contributed by atoms with Gasteiger partial charge in [-0.25, -0.2) is 0 Å². The molecular weight excluding hydrogens is 306 g/mol. The molecule has 2 rings (SSSR count). The van der Waals surface area contributed by atoms with Gasteiger partial charge in [0.2, 0.25) is 0 Å². The zero-order valence-corrected chi connectivity index (χ0v) is 14.2. The fraction of sp³-hybridized carbons (Fsp3) is 0.562. The number of piperidine rings is 1. The van der Waals surface area contributed by atoms with Crippen LogP contribution in [-0.4, -0.2) is 48.3 Å². The first kappa shape index (κ1) is 20.7. The number of hydrogen-bond donors (Lipinski definition) is 2. The summed E-state index contributed by atoms with van der Waals surface area (Å²) in [5.41, 5.74) is 0.347. The van der Waals surface area contributed by atoms with Crippen LogP contribution >= 0.6 is 12.4 Å². The van der Waals surface area contributed by atoms with E-state index in [0.717, 1.165) is 37.2 Å². The number of nitrogens with zero attached hydrogens (tertiary/aromatic N) is 1. The quantitative estimate of drug-likeness (QED) is 0.890. The van der Waals surface area contributed by atoms with Gasteiger partial charge < -0.3 is 19.8 Å². The predicted molar refractivity (Wildman–Crippen MR) is 88.8 cm³/mol. The highest BCUT2D eigenvalue weighted by Gasteiger charge is 2.32. The number of carbonyl (C=O) groups is 1. The molecule has 1 fully saturated rings. The number of hydrogen-bond acceptors (Lipinski definition) is 4. The normalized spacial score (nSPS) is 16.7. The van der Waals surface area contributed by atoms with Gasteiger partial charge >= 0.3 is 5.97 Å². The van der Waals surface area contributed by atoms with Crippen molar-refractivity contribution in [2.75, 3.05) is 27.2 Å². The number of halogens is 1. The molecule has 0 bridgehead atoms. The molecule has 0 saturated carbocycles. The summed E-state index contributed by atoms with van der Waals surface area (Å²) in [4.78, 5) is 11.6. The fourth-order valence-corrected chi connectivity index (χ4v) is 2.18. The van der Waals surface area contributed by atoms with Gasteiger partial charge in [-0.05, 0) is 37.6 Å². The Morgan fingerprint density at radius 1 is 1.27 bits per heavy atom. The van der Waals surface area contributed by atoms with Crippen molar-refractivity contribution in [3.8, 4) is 5.75 Å². The molecule has 1 aliphatic rings. The Bertz CT molecular complexity index is 442. The van der Waals surface area contributed by atoms with Crippen molar-refractivity contribution < 1.29 is 19.7 Å². The van der Waals surface area contributed by atoms with E-state index in [1.807, 2.05) is 24.3 Å². The molecule has 2 N–H and O–H groups in total. The number of ether oxygens (including phenoxy) is 1. The Morgan fingerprint density at radius 3 is 2.09 bits per heavy atom. The Kier molecular flexibility index (Phi) is 9.09. The number of rotatable bonds is 3. The van der Waals surface area contributed by atoms with Gasteiger partial charge in [-0.2, -0.15) is 0 Å². The van der Waals surface area contributed by atoms with Crippen molar-refractivity contribution in [2.45, 2.75) is 31.8 Å². The standard InChI is InChI=1S/C13H19NO2.C3H6O2.ClH/c1-14-9-7-13(15,8-10-14)11-3-5-12(16-2)6-4-11;1-2-3(4)5;/h3-6,15H,7-10H2,1-2H3;2H2,1H3,(H,4,5);1H. The molecule has 1 aromatic rings. The number of carboxylic acid groups (broad SMARTS) is 1. The first-order valence-corrected chi connectivity index (χ1v) is 7.18. The Morgan fingerprint density at radius 2 is 1.73 bits per heavy atom. The van der Waals surface area contributed by atoms with Crippen molar-refractivity contribution in [1.82, 2.24) is 4.90 Å². The van der Waals surface area contributed by atoms with E-state index in [1.165, 1.54) is 0 Å². The topological polar surface area (TPSA) is 70.0 Å². The summed E-state index contributed by atoms with van der Waals surface area (Å²) in [6, 6.07) is 7.74. The average Bonchev–Trinajstić information content (AvgIpc) is 2.51. The van der Waals surface area contributed by atoms with Crippen LogP contribution in [0.4, 0.5) is 0 Å². The summed E-state index contributed by atoms with van der Waals surface area (Å²) in [5.74, 6) is 0.0882. The molecule has 0 aromatic heterocycles. The lowest BCUT2D eigenvalue weighted by atomic mass is 9.84. The van der Waals surface area contributed by atoms with E-state index in [-0.39, 0.29) is 18.8 Å². The summed E-state index contributed by atoms with van der Waals surface area (Å²) >= 11 is 0. The van der Waals surface area contributed by atoms with E-state index in [9.17, 15) is 9.90 Å². The third kappa shape index (κ3) is 6.22. The summed E-state index contributed by atoms with van der Waals surface area (Å²) in [6.45, 7) is 3.49. The third-order valence-corrected chi connectivity index (χ3v) is 3.74. The van der Waals surface area contributed by atoms with Crippen molar-refractivity contribution in [3.63, 3.8) is 0 Å². The number of benzene rings is 1. The van der Waals surface area contributed by atoms with Gasteiger partial charge in [-0.1, -0.05) is 19.1 Å². The van der Waals surface area contributed by atoms with Gasteiger partial charge in [-0.15, -0.1) is 12.4 Å². The number of aliphatic carboxylic acids is 1. The van der Waals surface area contributed by atoms with Crippen LogP contribution in [0.2, 0.25) is 0 Å². The van der Waals surface area contributed by atoms with Crippen LogP contribution < -0.4 is 4.74 Å². The van der Waals surface area contributed by atoms with E-state index in [0.29, 0.717) is 0 Å². The van der Waals surface area contributed by atoms with Gasteiger partial charge in [0.05, 0.1) is 12.7 Å². The zero-order chi connectivity index (χ0) is 15.9. The molecular formula is C16H26ClNO4. The zero-order valence-electron chi connectivity index (χ0n) is 13.4. The average molecular weight is 332 g/mol. The number of methoxy groups -OCH3 is 1. The smallest absolute Gasteiger partial charge is 0.303 e. The summed E-state index contributed by atoms with van der Waals surface area (Å²) < 4.78 is 5.12. The van der Waals surface area contributed by atoms with Crippen molar-refractivity contribution in [1.29, 1.82) is 0 Å². The van der Waals surface area contributed by atoms with E-state index in [2.05, 4.69) is 11.9 Å². The van der Waals surface area contributed by atoms with Crippen LogP contribution in [0.5, 0.6) is 5.75 Å². The van der Waals surface area contributed by atoms with Gasteiger partial charge in [0.1, 0.15) is 5.75 Å². The molecule has 0 unspecified atom stereocenters. The molecule has 22 heavy (non-hydrogen) atoms. The summed E-state index contributed by atoms with van der Waals surface area (Å²) in [6.07, 6.45) is 1.83. The van der Waals surface area contributed by atoms with E-state index >= 15 is 0 Å². The Labute approximate surface area is 138 Å². The second-order valence-electron chi connectivity index (χ2n) is 5.31. The molecule has 126 valence electrons. The summed E-state index contributed by atoms with van der Waals surface area (Å²) in [5, 5.41) is 18.3. The van der Waals surface area contributed by atoms with Gasteiger partial charge in [0, 0.05) is 19.5 Å². The first-order chi connectivity index (χ1) is 9.91. The second kappa shape index (κ2) is 9.66. The van der Waals surface area contributed by atoms with Crippen molar-refractivity contribution in [3.05, 3.63) is 29.8 Å². The van der Waals surface area contributed by atoms with Gasteiger partial charge in [0.15, 0.2) is 0 Å². The Hall–Kier alpha value is -1.30. The molecule has 0 aliphatic carbocycles. The SMILES string of the molecule is CCC(=O)O.COc1ccc(C2(O)CCN(C)CC2)cc1.Cl. The molecule has 0 radical (unpaired) electrons. The van der Waals surface area contributed by atoms with Crippen LogP contribution in [-0.2, 0) is 10.4 Å². The predicted octanol–water partition coefficient (Wildman–Crippen LogP) is 2.51. The molecule has 0 spiro atoms. The van der Waals surface area contributed by atoms with Crippen LogP contribution in [0.25, 0.3) is 0 Å². The minimum absolute atomic E-state index is 0. The highest BCUT2D eigenvalue weighted by atomic mass is 35.5. The molecule has 1 aromatic carbocycles. The minimum atomic E-state index is -0.745. The molecule has 0 amide bonds. The summed E-state index contributed by atoms with van der Waals surface area (Å²) in [7, 11) is 3.74. The molecule has 1 aliphatic heterocycles. The number of carboxylic acids is 1. The number of aliphatic hydroxyl groups is 1. The minimum Gasteiger partial charge on any atom is -0.497 e. The monoisotopic (exact) mass is 331 g/mol. The third-order valence-electron chi connectivity index (χ3n) is 3.74. The Balaban J connectivity index is 0.000000644. The van der Waals surface area contributed by atoms with Crippen LogP contribution in [0, 0.1) is 0 Å². The lowest BCUT2D eigenvalue weighted by Crippen LogP contribution is -2.40. The molecule has 1 heterocycles. The highest BCUT2D eigenvalue weighted by molar-refractivity contribution is 5.85. The maximum absolute atomic E-state index is 10.6. The highest BCUT2D eigenvalue weighted by Crippen LogP contribution is 2.33. The van der Waals surface area contributed by atoms with E-state index < -0.39 is 11.6 Å². The van der Waals surface area contributed by atoms with Crippen LogP contribution in [0.3, 0.4) is 0 Å². The molecule has 1 saturated heterocycles. The first-order valence-electron chi connectivity index (χ1n) is 7.18. The van der Waals surface area contributed by atoms with Gasteiger partial charge in [-0.3, -0.25) is 4.79 Å². The van der Waals surface area contributed by atoms with E-state index in [4.69, 9.17) is 9.84 Å². The molecule has 6 heteroatoms. The van der Waals surface area contributed by atoms with E-state index in [1.54, 1.807) is 14.0 Å². The van der Waals surface area contributed by atoms with Crippen LogP contribution in [0.1, 0.15) is 31.7 Å². The van der Waals surface area contributed by atoms with Crippen LogP contribution in [0.15, 0.2) is 24.3 Å². The maximum Gasteiger partial charge on any atom is 0.303 e. The lowest BCUT2D eigenvalue weighted by Gasteiger charge is -2.36. The van der Waals surface area contributed by atoms with Gasteiger partial charge in [0.25, 0.3) is 0 Å². The fourth-order valence-electron chi connectivity index (χ4n) is 2.18.